The summed E-state index contributed by atoms with van der Waals surface area (Å²) in [6.07, 6.45) is -2.72. The van der Waals surface area contributed by atoms with E-state index in [1.54, 1.807) is 54.6 Å². The van der Waals surface area contributed by atoms with Crippen LogP contribution in [0, 0.1) is 0 Å². The Hall–Kier alpha value is -2.90. The standard InChI is InChI=1S/C24H18ClF3O3S/c25-21-14-17(10-11-22(21)31-15-23(29)30)32-13-12-18(16-6-2-1-3-7-16)19-8-4-5-9-20(19)24(26,27)28/h1-12,14H,13,15H2,(H,29,30)/b18-12-. The molecular formula is C24H18ClF3O3S. The number of ether oxygens (including phenoxy) is 1. The van der Waals surface area contributed by atoms with Gasteiger partial charge in [-0.15, -0.1) is 11.8 Å². The molecule has 0 aliphatic rings. The van der Waals surface area contributed by atoms with Gasteiger partial charge >= 0.3 is 12.1 Å². The molecule has 3 aromatic carbocycles. The van der Waals surface area contributed by atoms with Crippen LogP contribution in [-0.4, -0.2) is 23.4 Å². The summed E-state index contributed by atoms with van der Waals surface area (Å²) in [5.41, 5.74) is 0.587. The summed E-state index contributed by atoms with van der Waals surface area (Å²) in [7, 11) is 0. The van der Waals surface area contributed by atoms with E-state index in [0.29, 0.717) is 16.9 Å². The number of hydrogen-bond acceptors (Lipinski definition) is 3. The lowest BCUT2D eigenvalue weighted by Gasteiger charge is -2.16. The Morgan fingerprint density at radius 2 is 1.72 bits per heavy atom. The summed E-state index contributed by atoms with van der Waals surface area (Å²) in [4.78, 5) is 11.4. The van der Waals surface area contributed by atoms with Gasteiger partial charge in [-0.2, -0.15) is 13.2 Å². The van der Waals surface area contributed by atoms with Gasteiger partial charge in [0.15, 0.2) is 6.61 Å². The summed E-state index contributed by atoms with van der Waals surface area (Å²) < 4.78 is 45.9. The van der Waals surface area contributed by atoms with E-state index in [0.717, 1.165) is 11.0 Å². The van der Waals surface area contributed by atoms with Crippen molar-refractivity contribution in [1.29, 1.82) is 0 Å². The van der Waals surface area contributed by atoms with E-state index in [1.165, 1.54) is 23.9 Å². The monoisotopic (exact) mass is 478 g/mol. The van der Waals surface area contributed by atoms with E-state index in [1.807, 2.05) is 6.07 Å². The normalized spacial score (nSPS) is 11.9. The molecule has 0 atom stereocenters. The van der Waals surface area contributed by atoms with Crippen LogP contribution in [0.25, 0.3) is 5.57 Å². The molecule has 3 nitrogen and oxygen atoms in total. The first-order valence-electron chi connectivity index (χ1n) is 9.45. The average Bonchev–Trinajstić information content (AvgIpc) is 2.76. The third-order valence-electron chi connectivity index (χ3n) is 4.40. The van der Waals surface area contributed by atoms with Crippen LogP contribution >= 0.6 is 23.4 Å². The van der Waals surface area contributed by atoms with Crippen LogP contribution in [0.1, 0.15) is 16.7 Å². The fraction of sp³-hybridized carbons (Fsp3) is 0.125. The molecule has 3 rings (SSSR count). The second kappa shape index (κ2) is 10.6. The molecule has 3 aromatic rings. The number of hydrogen-bond donors (Lipinski definition) is 1. The van der Waals surface area contributed by atoms with Gasteiger partial charge in [-0.05, 0) is 41.0 Å². The molecule has 8 heteroatoms. The molecular weight excluding hydrogens is 461 g/mol. The smallest absolute Gasteiger partial charge is 0.417 e. The lowest BCUT2D eigenvalue weighted by molar-refractivity contribution is -0.139. The number of carboxylic acid groups (broad SMARTS) is 1. The van der Waals surface area contributed by atoms with Crippen molar-refractivity contribution < 1.29 is 27.8 Å². The Morgan fingerprint density at radius 1 is 1.03 bits per heavy atom. The summed E-state index contributed by atoms with van der Waals surface area (Å²) in [5.74, 6) is -0.475. The zero-order valence-electron chi connectivity index (χ0n) is 16.6. The Labute approximate surface area is 192 Å². The van der Waals surface area contributed by atoms with E-state index in [4.69, 9.17) is 21.4 Å². The van der Waals surface area contributed by atoms with E-state index < -0.39 is 24.3 Å². The second-order valence-electron chi connectivity index (χ2n) is 6.61. The fourth-order valence-corrected chi connectivity index (χ4v) is 4.12. The summed E-state index contributed by atoms with van der Waals surface area (Å²) >= 11 is 7.53. The SMILES string of the molecule is O=C(O)COc1ccc(SC/C=C(/c2ccccc2)c2ccccc2C(F)(F)F)cc1Cl. The molecule has 0 spiro atoms. The molecule has 0 aliphatic heterocycles. The van der Waals surface area contributed by atoms with Crippen molar-refractivity contribution in [3.05, 3.63) is 101 Å². The van der Waals surface area contributed by atoms with Crippen molar-refractivity contribution in [3.8, 4) is 5.75 Å². The predicted molar refractivity (Wildman–Crippen MR) is 120 cm³/mol. The van der Waals surface area contributed by atoms with Crippen molar-refractivity contribution in [2.75, 3.05) is 12.4 Å². The molecule has 1 N–H and O–H groups in total. The molecule has 0 aromatic heterocycles. The van der Waals surface area contributed by atoms with E-state index in [2.05, 4.69) is 0 Å². The first-order valence-corrected chi connectivity index (χ1v) is 10.8. The summed E-state index contributed by atoms with van der Waals surface area (Å²) in [5, 5.41) is 8.95. The van der Waals surface area contributed by atoms with Gasteiger partial charge in [0.1, 0.15) is 5.75 Å². The van der Waals surface area contributed by atoms with Crippen molar-refractivity contribution >= 4 is 34.9 Å². The largest absolute Gasteiger partial charge is 0.480 e. The molecule has 0 radical (unpaired) electrons. The first-order chi connectivity index (χ1) is 15.3. The number of benzene rings is 3. The number of halogens is 4. The highest BCUT2D eigenvalue weighted by atomic mass is 35.5. The van der Waals surface area contributed by atoms with Gasteiger partial charge in [-0.1, -0.05) is 66.2 Å². The molecule has 32 heavy (non-hydrogen) atoms. The van der Waals surface area contributed by atoms with Crippen LogP contribution < -0.4 is 4.74 Å². The summed E-state index contributed by atoms with van der Waals surface area (Å²) in [6, 6.07) is 19.3. The number of carboxylic acids is 1. The molecule has 0 saturated carbocycles. The minimum Gasteiger partial charge on any atom is -0.480 e. The fourth-order valence-electron chi connectivity index (χ4n) is 3.02. The maximum atomic E-state index is 13.6. The zero-order valence-corrected chi connectivity index (χ0v) is 18.2. The van der Waals surface area contributed by atoms with Crippen molar-refractivity contribution in [3.63, 3.8) is 0 Å². The third kappa shape index (κ3) is 6.31. The molecule has 0 fully saturated rings. The van der Waals surface area contributed by atoms with Gasteiger partial charge in [0, 0.05) is 10.6 Å². The van der Waals surface area contributed by atoms with Crippen LogP contribution in [0.15, 0.2) is 83.8 Å². The van der Waals surface area contributed by atoms with Crippen molar-refractivity contribution in [2.45, 2.75) is 11.1 Å². The van der Waals surface area contributed by atoms with Crippen LogP contribution in [-0.2, 0) is 11.0 Å². The summed E-state index contributed by atoms with van der Waals surface area (Å²) in [6.45, 7) is -0.506. The maximum Gasteiger partial charge on any atom is 0.417 e. The van der Waals surface area contributed by atoms with E-state index in [9.17, 15) is 18.0 Å². The zero-order chi connectivity index (χ0) is 23.1. The average molecular weight is 479 g/mol. The topological polar surface area (TPSA) is 46.5 Å². The van der Waals surface area contributed by atoms with E-state index in [-0.39, 0.29) is 16.3 Å². The van der Waals surface area contributed by atoms with E-state index >= 15 is 0 Å². The van der Waals surface area contributed by atoms with Gasteiger partial charge in [0.2, 0.25) is 0 Å². The number of alkyl halides is 3. The molecule has 0 aliphatic carbocycles. The van der Waals surface area contributed by atoms with Gasteiger partial charge in [0.25, 0.3) is 0 Å². The van der Waals surface area contributed by atoms with Crippen LogP contribution in [0.2, 0.25) is 5.02 Å². The molecule has 0 unspecified atom stereocenters. The lowest BCUT2D eigenvalue weighted by Crippen LogP contribution is -2.09. The number of thioether (sulfide) groups is 1. The van der Waals surface area contributed by atoms with Gasteiger partial charge in [-0.25, -0.2) is 4.79 Å². The number of carbonyl (C=O) groups is 1. The van der Waals surface area contributed by atoms with Crippen LogP contribution in [0.4, 0.5) is 13.2 Å². The van der Waals surface area contributed by atoms with Crippen LogP contribution in [0.3, 0.4) is 0 Å². The molecule has 0 bridgehead atoms. The van der Waals surface area contributed by atoms with Crippen molar-refractivity contribution in [2.24, 2.45) is 0 Å². The number of rotatable bonds is 8. The molecule has 0 heterocycles. The lowest BCUT2D eigenvalue weighted by atomic mass is 9.93. The molecule has 166 valence electrons. The predicted octanol–water partition coefficient (Wildman–Crippen LogP) is 7.05. The quantitative estimate of drug-likeness (QED) is 0.352. The third-order valence-corrected chi connectivity index (χ3v) is 5.62. The van der Waals surface area contributed by atoms with Gasteiger partial charge in [-0.3, -0.25) is 0 Å². The maximum absolute atomic E-state index is 13.6. The Balaban J connectivity index is 1.86. The highest BCUT2D eigenvalue weighted by molar-refractivity contribution is 7.99. The molecule has 0 saturated heterocycles. The Kier molecular flexibility index (Phi) is 7.88. The van der Waals surface area contributed by atoms with Crippen LogP contribution in [0.5, 0.6) is 5.75 Å². The number of aliphatic carboxylic acids is 1. The minimum absolute atomic E-state index is 0.113. The Bertz CT molecular complexity index is 1110. The first kappa shape index (κ1) is 23.8. The molecule has 0 amide bonds. The van der Waals surface area contributed by atoms with Crippen molar-refractivity contribution in [1.82, 2.24) is 0 Å². The highest BCUT2D eigenvalue weighted by Crippen LogP contribution is 2.37. The Morgan fingerprint density at radius 3 is 2.38 bits per heavy atom. The second-order valence-corrected chi connectivity index (χ2v) is 8.11. The minimum atomic E-state index is -4.48. The van der Waals surface area contributed by atoms with Gasteiger partial charge < -0.3 is 9.84 Å². The van der Waals surface area contributed by atoms with Gasteiger partial charge in [0.05, 0.1) is 10.6 Å². The highest BCUT2D eigenvalue weighted by Gasteiger charge is 2.33.